The van der Waals surface area contributed by atoms with Crippen LogP contribution in [0.1, 0.15) is 15.9 Å². The molecule has 1 N–H and O–H groups in total. The summed E-state index contributed by atoms with van der Waals surface area (Å²) in [5.74, 6) is 0.596. The predicted molar refractivity (Wildman–Crippen MR) is 84.9 cm³/mol. The summed E-state index contributed by atoms with van der Waals surface area (Å²) in [6.07, 6.45) is 0.218. The van der Waals surface area contributed by atoms with Crippen molar-refractivity contribution in [2.75, 3.05) is 18.5 Å². The number of hydrogen-bond donors (Lipinski definition) is 1. The van der Waals surface area contributed by atoms with E-state index in [0.717, 1.165) is 17.8 Å². The first-order valence-electron chi connectivity index (χ1n) is 6.62. The van der Waals surface area contributed by atoms with Crippen LogP contribution in [0.25, 0.3) is 0 Å². The maximum absolute atomic E-state index is 12.5. The quantitative estimate of drug-likeness (QED) is 0.860. The van der Waals surface area contributed by atoms with E-state index in [-0.39, 0.29) is 12.2 Å². The Bertz CT molecular complexity index is 701. The summed E-state index contributed by atoms with van der Waals surface area (Å²) in [6.45, 7) is 1.30. The summed E-state index contributed by atoms with van der Waals surface area (Å²) in [7, 11) is 0. The van der Waals surface area contributed by atoms with Crippen LogP contribution in [0.15, 0.2) is 36.4 Å². The molecule has 1 aliphatic rings. The molecule has 21 heavy (non-hydrogen) atoms. The van der Waals surface area contributed by atoms with E-state index in [1.54, 1.807) is 24.3 Å². The van der Waals surface area contributed by atoms with Crippen LogP contribution in [0, 0.1) is 0 Å². The zero-order valence-corrected chi connectivity index (χ0v) is 12.7. The highest BCUT2D eigenvalue weighted by Crippen LogP contribution is 2.32. The number of anilines is 1. The maximum atomic E-state index is 12.5. The van der Waals surface area contributed by atoms with E-state index in [0.29, 0.717) is 28.0 Å². The fourth-order valence-corrected chi connectivity index (χ4v) is 2.80. The normalized spacial score (nSPS) is 13.0. The molecule has 0 spiro atoms. The van der Waals surface area contributed by atoms with Gasteiger partial charge in [0.15, 0.2) is 11.5 Å². The van der Waals surface area contributed by atoms with Crippen LogP contribution in [0.4, 0.5) is 5.69 Å². The second-order valence-electron chi connectivity index (χ2n) is 4.79. The monoisotopic (exact) mass is 321 g/mol. The molecule has 0 aliphatic carbocycles. The first-order valence-corrected chi connectivity index (χ1v) is 7.37. The number of ketones is 1. The molecule has 3 rings (SSSR count). The van der Waals surface area contributed by atoms with Gasteiger partial charge in [-0.05, 0) is 29.8 Å². The molecule has 1 heterocycles. The fraction of sp³-hybridized carbons (Fsp3) is 0.188. The SMILES string of the molecule is O=C(Cc1ccc(Cl)cc1Cl)c1cccc2c1OCCN2. The number of carbonyl (C=O) groups is 1. The molecule has 2 aromatic carbocycles. The maximum Gasteiger partial charge on any atom is 0.171 e. The van der Waals surface area contributed by atoms with Gasteiger partial charge >= 0.3 is 0 Å². The minimum Gasteiger partial charge on any atom is -0.489 e. The first kappa shape index (κ1) is 14.2. The topological polar surface area (TPSA) is 38.3 Å². The fourth-order valence-electron chi connectivity index (χ4n) is 2.32. The van der Waals surface area contributed by atoms with Gasteiger partial charge in [0.1, 0.15) is 6.61 Å². The molecule has 0 unspecified atom stereocenters. The molecule has 0 atom stereocenters. The number of ether oxygens (including phenoxy) is 1. The second kappa shape index (κ2) is 5.96. The molecule has 0 saturated carbocycles. The summed E-state index contributed by atoms with van der Waals surface area (Å²) in [5.41, 5.74) is 2.19. The van der Waals surface area contributed by atoms with Gasteiger partial charge in [0, 0.05) is 23.0 Å². The van der Waals surface area contributed by atoms with E-state index in [4.69, 9.17) is 27.9 Å². The third-order valence-electron chi connectivity index (χ3n) is 3.35. The van der Waals surface area contributed by atoms with Gasteiger partial charge in [0.2, 0.25) is 0 Å². The lowest BCUT2D eigenvalue weighted by Gasteiger charge is -2.21. The Morgan fingerprint density at radius 1 is 1.24 bits per heavy atom. The molecule has 3 nitrogen and oxygen atoms in total. The number of Topliss-reactive ketones (excluding diaryl/α,β-unsaturated/α-hetero) is 1. The summed E-state index contributed by atoms with van der Waals surface area (Å²) in [4.78, 5) is 12.5. The van der Waals surface area contributed by atoms with E-state index in [9.17, 15) is 4.79 Å². The Morgan fingerprint density at radius 2 is 2.10 bits per heavy atom. The van der Waals surface area contributed by atoms with Gasteiger partial charge in [-0.15, -0.1) is 0 Å². The predicted octanol–water partition coefficient (Wildman–Crippen LogP) is 4.22. The number of fused-ring (bicyclic) bond motifs is 1. The van der Waals surface area contributed by atoms with E-state index in [1.165, 1.54) is 0 Å². The number of halogens is 2. The Hall–Kier alpha value is -1.71. The van der Waals surface area contributed by atoms with Crippen LogP contribution < -0.4 is 10.1 Å². The average Bonchev–Trinajstić information content (AvgIpc) is 2.49. The van der Waals surface area contributed by atoms with Crippen molar-refractivity contribution in [1.29, 1.82) is 0 Å². The Labute approximate surface area is 132 Å². The molecule has 0 aromatic heterocycles. The Balaban J connectivity index is 1.89. The van der Waals surface area contributed by atoms with Crippen LogP contribution in [0.3, 0.4) is 0 Å². The van der Waals surface area contributed by atoms with Gasteiger partial charge in [0.25, 0.3) is 0 Å². The molecule has 0 radical (unpaired) electrons. The van der Waals surface area contributed by atoms with Crippen molar-refractivity contribution in [2.45, 2.75) is 6.42 Å². The molecule has 0 amide bonds. The van der Waals surface area contributed by atoms with Crippen molar-refractivity contribution in [3.05, 3.63) is 57.6 Å². The smallest absolute Gasteiger partial charge is 0.171 e. The van der Waals surface area contributed by atoms with Gasteiger partial charge in [0.05, 0.1) is 11.3 Å². The summed E-state index contributed by atoms with van der Waals surface area (Å²) in [6, 6.07) is 10.7. The first-order chi connectivity index (χ1) is 10.1. The Morgan fingerprint density at radius 3 is 2.90 bits per heavy atom. The number of carbonyl (C=O) groups excluding carboxylic acids is 1. The minimum atomic E-state index is -0.0280. The average molecular weight is 322 g/mol. The van der Waals surface area contributed by atoms with Crippen LogP contribution in [-0.2, 0) is 6.42 Å². The van der Waals surface area contributed by atoms with Crippen LogP contribution in [-0.4, -0.2) is 18.9 Å². The van der Waals surface area contributed by atoms with Gasteiger partial charge in [-0.1, -0.05) is 35.3 Å². The van der Waals surface area contributed by atoms with Crippen molar-refractivity contribution >= 4 is 34.7 Å². The number of nitrogens with one attached hydrogen (secondary N) is 1. The lowest BCUT2D eigenvalue weighted by atomic mass is 10.0. The lowest BCUT2D eigenvalue weighted by molar-refractivity contribution is 0.0989. The van der Waals surface area contributed by atoms with E-state index < -0.39 is 0 Å². The molecule has 2 aromatic rings. The van der Waals surface area contributed by atoms with Crippen molar-refractivity contribution in [3.8, 4) is 5.75 Å². The van der Waals surface area contributed by atoms with Gasteiger partial charge in [-0.3, -0.25) is 4.79 Å². The summed E-state index contributed by atoms with van der Waals surface area (Å²) in [5, 5.41) is 4.28. The number of rotatable bonds is 3. The highest BCUT2D eigenvalue weighted by Gasteiger charge is 2.19. The molecule has 5 heteroatoms. The standard InChI is InChI=1S/C16H13Cl2NO2/c17-11-5-4-10(13(18)9-11)8-15(20)12-2-1-3-14-16(12)21-7-6-19-14/h1-5,9,19H,6-8H2. The zero-order chi connectivity index (χ0) is 14.8. The van der Waals surface area contributed by atoms with Crippen LogP contribution in [0.5, 0.6) is 5.75 Å². The highest BCUT2D eigenvalue weighted by molar-refractivity contribution is 6.35. The van der Waals surface area contributed by atoms with Gasteiger partial charge in [-0.2, -0.15) is 0 Å². The molecule has 0 fully saturated rings. The van der Waals surface area contributed by atoms with E-state index in [1.807, 2.05) is 12.1 Å². The lowest BCUT2D eigenvalue weighted by Crippen LogP contribution is -2.20. The third-order valence-corrected chi connectivity index (χ3v) is 3.93. The second-order valence-corrected chi connectivity index (χ2v) is 5.64. The molecule has 0 bridgehead atoms. The summed E-state index contributed by atoms with van der Waals surface area (Å²) >= 11 is 12.0. The molecule has 0 saturated heterocycles. The number of hydrogen-bond acceptors (Lipinski definition) is 3. The highest BCUT2D eigenvalue weighted by atomic mass is 35.5. The van der Waals surface area contributed by atoms with Crippen LogP contribution in [0.2, 0.25) is 10.0 Å². The molecule has 108 valence electrons. The molecular formula is C16H13Cl2NO2. The number of para-hydroxylation sites is 1. The molecular weight excluding hydrogens is 309 g/mol. The minimum absolute atomic E-state index is 0.0280. The zero-order valence-electron chi connectivity index (χ0n) is 11.2. The van der Waals surface area contributed by atoms with Gasteiger partial charge in [-0.25, -0.2) is 0 Å². The van der Waals surface area contributed by atoms with Crippen molar-refractivity contribution in [2.24, 2.45) is 0 Å². The van der Waals surface area contributed by atoms with Crippen molar-refractivity contribution in [1.82, 2.24) is 0 Å². The van der Waals surface area contributed by atoms with Crippen molar-refractivity contribution in [3.63, 3.8) is 0 Å². The van der Waals surface area contributed by atoms with E-state index in [2.05, 4.69) is 5.32 Å². The Kier molecular flexibility index (Phi) is 4.04. The van der Waals surface area contributed by atoms with Crippen LogP contribution >= 0.6 is 23.2 Å². The third kappa shape index (κ3) is 2.99. The van der Waals surface area contributed by atoms with Gasteiger partial charge < -0.3 is 10.1 Å². The summed E-state index contributed by atoms with van der Waals surface area (Å²) < 4.78 is 5.63. The number of benzene rings is 2. The van der Waals surface area contributed by atoms with E-state index >= 15 is 0 Å². The largest absolute Gasteiger partial charge is 0.489 e. The van der Waals surface area contributed by atoms with Crippen molar-refractivity contribution < 1.29 is 9.53 Å². The molecule has 1 aliphatic heterocycles.